The summed E-state index contributed by atoms with van der Waals surface area (Å²) < 4.78 is 0. The van der Waals surface area contributed by atoms with E-state index in [-0.39, 0.29) is 0 Å². The van der Waals surface area contributed by atoms with Crippen molar-refractivity contribution in [1.29, 1.82) is 0 Å². The highest BCUT2D eigenvalue weighted by Crippen LogP contribution is 2.13. The van der Waals surface area contributed by atoms with Crippen LogP contribution >= 0.6 is 11.8 Å². The molecule has 2 heteroatoms. The molecule has 0 aliphatic carbocycles. The zero-order chi connectivity index (χ0) is 10.2. The molecule has 0 bridgehead atoms. The first-order chi connectivity index (χ1) is 6.83. The topological polar surface area (TPSA) is 3.24 Å². The summed E-state index contributed by atoms with van der Waals surface area (Å²) >= 11 is 2.10. The Morgan fingerprint density at radius 2 is 1.93 bits per heavy atom. The van der Waals surface area contributed by atoms with Crippen LogP contribution in [0, 0.1) is 5.92 Å². The first-order valence-corrected chi connectivity index (χ1v) is 7.28. The van der Waals surface area contributed by atoms with Gasteiger partial charge in [0, 0.05) is 24.6 Å². The molecule has 1 aliphatic heterocycles. The van der Waals surface area contributed by atoms with E-state index in [1.54, 1.807) is 0 Å². The molecule has 0 saturated carbocycles. The van der Waals surface area contributed by atoms with Crippen LogP contribution in [0.4, 0.5) is 0 Å². The minimum atomic E-state index is 0.937. The highest BCUT2D eigenvalue weighted by Gasteiger charge is 2.09. The maximum atomic E-state index is 2.63. The van der Waals surface area contributed by atoms with Crippen LogP contribution in [0.1, 0.15) is 39.5 Å². The SMILES string of the molecule is CCC(C)CCCCN1CCSCC1. The summed E-state index contributed by atoms with van der Waals surface area (Å²) in [5.41, 5.74) is 0. The summed E-state index contributed by atoms with van der Waals surface area (Å²) in [6, 6.07) is 0. The second-order valence-corrected chi connectivity index (χ2v) is 5.69. The standard InChI is InChI=1S/C12H25NS/c1-3-12(2)6-4-5-7-13-8-10-14-11-9-13/h12H,3-11H2,1-2H3. The molecule has 14 heavy (non-hydrogen) atoms. The van der Waals surface area contributed by atoms with Crippen molar-refractivity contribution in [2.75, 3.05) is 31.1 Å². The number of thioether (sulfide) groups is 1. The van der Waals surface area contributed by atoms with Crippen molar-refractivity contribution in [2.45, 2.75) is 39.5 Å². The Kier molecular flexibility index (Phi) is 6.70. The minimum absolute atomic E-state index is 0.937. The van der Waals surface area contributed by atoms with Gasteiger partial charge in [-0.3, -0.25) is 0 Å². The van der Waals surface area contributed by atoms with Crippen LogP contribution in [0.5, 0.6) is 0 Å². The molecule has 84 valence electrons. The Bertz CT molecular complexity index is 132. The van der Waals surface area contributed by atoms with Gasteiger partial charge in [0.1, 0.15) is 0 Å². The smallest absolute Gasteiger partial charge is 0.00727 e. The molecule has 1 nitrogen and oxygen atoms in total. The van der Waals surface area contributed by atoms with Gasteiger partial charge in [0.15, 0.2) is 0 Å². The molecular formula is C12H25NS. The number of rotatable bonds is 6. The molecule has 0 N–H and O–H groups in total. The van der Waals surface area contributed by atoms with E-state index in [2.05, 4.69) is 30.5 Å². The third-order valence-corrected chi connectivity index (χ3v) is 4.16. The molecule has 1 heterocycles. The first kappa shape index (κ1) is 12.4. The first-order valence-electron chi connectivity index (χ1n) is 6.13. The van der Waals surface area contributed by atoms with E-state index >= 15 is 0 Å². The Morgan fingerprint density at radius 1 is 1.21 bits per heavy atom. The van der Waals surface area contributed by atoms with Gasteiger partial charge in [-0.15, -0.1) is 0 Å². The second-order valence-electron chi connectivity index (χ2n) is 4.46. The summed E-state index contributed by atoms with van der Waals surface area (Å²) in [5, 5.41) is 0. The van der Waals surface area contributed by atoms with Gasteiger partial charge in [0.05, 0.1) is 0 Å². The van der Waals surface area contributed by atoms with Crippen LogP contribution < -0.4 is 0 Å². The normalized spacial score (nSPS) is 21.0. The number of hydrogen-bond acceptors (Lipinski definition) is 2. The Morgan fingerprint density at radius 3 is 2.57 bits per heavy atom. The van der Waals surface area contributed by atoms with Gasteiger partial charge >= 0.3 is 0 Å². The Hall–Kier alpha value is 0.310. The fourth-order valence-electron chi connectivity index (χ4n) is 1.86. The third-order valence-electron chi connectivity index (χ3n) is 3.22. The second kappa shape index (κ2) is 7.58. The van der Waals surface area contributed by atoms with Crippen molar-refractivity contribution < 1.29 is 0 Å². The van der Waals surface area contributed by atoms with E-state index in [0.29, 0.717) is 0 Å². The molecule has 0 aromatic carbocycles. The average Bonchev–Trinajstić information content (AvgIpc) is 2.25. The molecule has 1 atom stereocenters. The summed E-state index contributed by atoms with van der Waals surface area (Å²) in [6.07, 6.45) is 5.62. The Labute approximate surface area is 93.6 Å². The fourth-order valence-corrected chi connectivity index (χ4v) is 2.84. The van der Waals surface area contributed by atoms with Gasteiger partial charge < -0.3 is 4.90 Å². The zero-order valence-electron chi connectivity index (χ0n) is 9.80. The number of hydrogen-bond donors (Lipinski definition) is 0. The van der Waals surface area contributed by atoms with Crippen LogP contribution in [0.3, 0.4) is 0 Å². The molecule has 0 amide bonds. The molecule has 0 radical (unpaired) electrons. The van der Waals surface area contributed by atoms with E-state index in [1.165, 1.54) is 56.8 Å². The molecule has 1 fully saturated rings. The lowest BCUT2D eigenvalue weighted by atomic mass is 10.0. The summed E-state index contributed by atoms with van der Waals surface area (Å²) in [7, 11) is 0. The van der Waals surface area contributed by atoms with Crippen molar-refractivity contribution in [3.05, 3.63) is 0 Å². The maximum absolute atomic E-state index is 2.63. The van der Waals surface area contributed by atoms with E-state index in [9.17, 15) is 0 Å². The largest absolute Gasteiger partial charge is 0.302 e. The molecule has 1 aliphatic rings. The van der Waals surface area contributed by atoms with Gasteiger partial charge in [-0.05, 0) is 18.9 Å². The molecule has 1 saturated heterocycles. The lowest BCUT2D eigenvalue weighted by Gasteiger charge is -2.26. The highest BCUT2D eigenvalue weighted by molar-refractivity contribution is 7.99. The molecule has 0 aromatic heterocycles. The fraction of sp³-hybridized carbons (Fsp3) is 1.00. The highest BCUT2D eigenvalue weighted by atomic mass is 32.2. The van der Waals surface area contributed by atoms with Crippen LogP contribution in [-0.4, -0.2) is 36.0 Å². The van der Waals surface area contributed by atoms with Crippen molar-refractivity contribution >= 4 is 11.8 Å². The van der Waals surface area contributed by atoms with E-state index < -0.39 is 0 Å². The van der Waals surface area contributed by atoms with Gasteiger partial charge in [-0.25, -0.2) is 0 Å². The molecule has 0 aromatic rings. The van der Waals surface area contributed by atoms with Crippen LogP contribution in [-0.2, 0) is 0 Å². The van der Waals surface area contributed by atoms with Crippen molar-refractivity contribution in [3.8, 4) is 0 Å². The monoisotopic (exact) mass is 215 g/mol. The lowest BCUT2D eigenvalue weighted by Crippen LogP contribution is -2.33. The molecule has 1 unspecified atom stereocenters. The maximum Gasteiger partial charge on any atom is 0.00727 e. The quantitative estimate of drug-likeness (QED) is 0.626. The van der Waals surface area contributed by atoms with Gasteiger partial charge in [-0.2, -0.15) is 11.8 Å². The molecule has 1 rings (SSSR count). The molecular weight excluding hydrogens is 190 g/mol. The van der Waals surface area contributed by atoms with Crippen molar-refractivity contribution in [3.63, 3.8) is 0 Å². The van der Waals surface area contributed by atoms with Crippen LogP contribution in [0.25, 0.3) is 0 Å². The van der Waals surface area contributed by atoms with E-state index in [4.69, 9.17) is 0 Å². The minimum Gasteiger partial charge on any atom is -0.302 e. The summed E-state index contributed by atoms with van der Waals surface area (Å²) in [6.45, 7) is 8.67. The number of unbranched alkanes of at least 4 members (excludes halogenated alkanes) is 1. The van der Waals surface area contributed by atoms with Gasteiger partial charge in [0.2, 0.25) is 0 Å². The van der Waals surface area contributed by atoms with Crippen LogP contribution in [0.2, 0.25) is 0 Å². The summed E-state index contributed by atoms with van der Waals surface area (Å²) in [5.74, 6) is 3.64. The Balaban J connectivity index is 1.92. The van der Waals surface area contributed by atoms with Gasteiger partial charge in [0.25, 0.3) is 0 Å². The molecule has 0 spiro atoms. The van der Waals surface area contributed by atoms with Crippen molar-refractivity contribution in [1.82, 2.24) is 4.90 Å². The zero-order valence-corrected chi connectivity index (χ0v) is 10.6. The average molecular weight is 215 g/mol. The number of nitrogens with zero attached hydrogens (tertiary/aromatic N) is 1. The van der Waals surface area contributed by atoms with E-state index in [0.717, 1.165) is 5.92 Å². The van der Waals surface area contributed by atoms with Crippen molar-refractivity contribution in [2.24, 2.45) is 5.92 Å². The predicted octanol–water partition coefficient (Wildman–Crippen LogP) is 3.25. The van der Waals surface area contributed by atoms with E-state index in [1.807, 2.05) is 0 Å². The van der Waals surface area contributed by atoms with Crippen LogP contribution in [0.15, 0.2) is 0 Å². The third kappa shape index (κ3) is 5.26. The summed E-state index contributed by atoms with van der Waals surface area (Å²) in [4.78, 5) is 2.63. The lowest BCUT2D eigenvalue weighted by molar-refractivity contribution is 0.291. The predicted molar refractivity (Wildman–Crippen MR) is 67.1 cm³/mol. The van der Waals surface area contributed by atoms with Gasteiger partial charge in [-0.1, -0.05) is 33.1 Å².